The van der Waals surface area contributed by atoms with E-state index >= 15 is 0 Å². The summed E-state index contributed by atoms with van der Waals surface area (Å²) in [6, 6.07) is 0. The van der Waals surface area contributed by atoms with Crippen molar-refractivity contribution in [2.75, 3.05) is 25.6 Å². The van der Waals surface area contributed by atoms with Gasteiger partial charge in [0.2, 0.25) is 0 Å². The Hall–Kier alpha value is 0.930. The summed E-state index contributed by atoms with van der Waals surface area (Å²) in [5, 5.41) is 25.8. The van der Waals surface area contributed by atoms with Crippen molar-refractivity contribution < 1.29 is 15.3 Å². The highest BCUT2D eigenvalue weighted by molar-refractivity contribution is 8.77. The first-order chi connectivity index (χ1) is 5.76. The molecule has 3 nitrogen and oxygen atoms in total. The molecular formula is C6H14O3S3. The van der Waals surface area contributed by atoms with Crippen LogP contribution >= 0.6 is 34.2 Å². The smallest absolute Gasteiger partial charge is 0.0570 e. The van der Waals surface area contributed by atoms with Gasteiger partial charge >= 0.3 is 0 Å². The Morgan fingerprint density at radius 3 is 2.25 bits per heavy atom. The van der Waals surface area contributed by atoms with Gasteiger partial charge in [-0.2, -0.15) is 12.6 Å². The Bertz CT molecular complexity index is 104. The van der Waals surface area contributed by atoms with Gasteiger partial charge in [0.1, 0.15) is 0 Å². The molecule has 2 atom stereocenters. The SMILES string of the molecule is OCCSSC(CO)C(S)CO. The van der Waals surface area contributed by atoms with Gasteiger partial charge in [0.05, 0.1) is 25.1 Å². The van der Waals surface area contributed by atoms with Crippen LogP contribution in [0.5, 0.6) is 0 Å². The van der Waals surface area contributed by atoms with Crippen molar-refractivity contribution in [3.63, 3.8) is 0 Å². The molecule has 0 aliphatic rings. The summed E-state index contributed by atoms with van der Waals surface area (Å²) in [5.74, 6) is 0.632. The molecule has 0 aromatic rings. The molecule has 0 radical (unpaired) electrons. The monoisotopic (exact) mass is 230 g/mol. The fourth-order valence-corrected chi connectivity index (χ4v) is 3.27. The largest absolute Gasteiger partial charge is 0.395 e. The zero-order chi connectivity index (χ0) is 9.40. The number of aliphatic hydroxyl groups excluding tert-OH is 3. The highest BCUT2D eigenvalue weighted by Gasteiger charge is 2.16. The van der Waals surface area contributed by atoms with Gasteiger partial charge in [-0.1, -0.05) is 21.6 Å². The van der Waals surface area contributed by atoms with Crippen molar-refractivity contribution in [1.29, 1.82) is 0 Å². The summed E-state index contributed by atoms with van der Waals surface area (Å²) < 4.78 is 0. The van der Waals surface area contributed by atoms with Gasteiger partial charge in [-0.05, 0) is 0 Å². The third-order valence-corrected chi connectivity index (χ3v) is 4.75. The van der Waals surface area contributed by atoms with E-state index in [2.05, 4.69) is 12.6 Å². The molecule has 0 amide bonds. The Morgan fingerprint density at radius 2 is 1.83 bits per heavy atom. The van der Waals surface area contributed by atoms with Gasteiger partial charge in [0.15, 0.2) is 0 Å². The van der Waals surface area contributed by atoms with Crippen LogP contribution in [0.4, 0.5) is 0 Å². The summed E-state index contributed by atoms with van der Waals surface area (Å²) >= 11 is 4.10. The maximum Gasteiger partial charge on any atom is 0.0570 e. The Morgan fingerprint density at radius 1 is 1.17 bits per heavy atom. The summed E-state index contributed by atoms with van der Waals surface area (Å²) in [4.78, 5) is 0. The maximum absolute atomic E-state index is 8.87. The van der Waals surface area contributed by atoms with Gasteiger partial charge in [-0.25, -0.2) is 0 Å². The van der Waals surface area contributed by atoms with E-state index in [0.29, 0.717) is 5.75 Å². The predicted molar refractivity (Wildman–Crippen MR) is 57.9 cm³/mol. The lowest BCUT2D eigenvalue weighted by molar-refractivity contribution is 0.254. The molecule has 0 aliphatic heterocycles. The maximum atomic E-state index is 8.87. The van der Waals surface area contributed by atoms with Crippen LogP contribution < -0.4 is 0 Å². The van der Waals surface area contributed by atoms with Crippen LogP contribution in [0, 0.1) is 0 Å². The van der Waals surface area contributed by atoms with E-state index in [1.165, 1.54) is 21.6 Å². The van der Waals surface area contributed by atoms with E-state index in [1.807, 2.05) is 0 Å². The fraction of sp³-hybridized carbons (Fsp3) is 1.00. The molecule has 2 unspecified atom stereocenters. The van der Waals surface area contributed by atoms with E-state index in [4.69, 9.17) is 15.3 Å². The van der Waals surface area contributed by atoms with Gasteiger partial charge in [-0.3, -0.25) is 0 Å². The highest BCUT2D eigenvalue weighted by atomic mass is 33.1. The van der Waals surface area contributed by atoms with Crippen molar-refractivity contribution in [2.24, 2.45) is 0 Å². The molecular weight excluding hydrogens is 216 g/mol. The lowest BCUT2D eigenvalue weighted by Gasteiger charge is -2.17. The molecule has 12 heavy (non-hydrogen) atoms. The van der Waals surface area contributed by atoms with E-state index < -0.39 is 0 Å². The molecule has 0 bridgehead atoms. The van der Waals surface area contributed by atoms with E-state index in [1.54, 1.807) is 0 Å². The quantitative estimate of drug-likeness (QED) is 0.282. The van der Waals surface area contributed by atoms with Crippen LogP contribution in [-0.2, 0) is 0 Å². The first-order valence-corrected chi connectivity index (χ1v) is 6.45. The average Bonchev–Trinajstić information content (AvgIpc) is 2.11. The second-order valence-electron chi connectivity index (χ2n) is 2.11. The minimum Gasteiger partial charge on any atom is -0.395 e. The van der Waals surface area contributed by atoms with Crippen LogP contribution in [0.1, 0.15) is 0 Å². The summed E-state index contributed by atoms with van der Waals surface area (Å²) in [6.45, 7) is 0.0883. The zero-order valence-corrected chi connectivity index (χ0v) is 9.12. The standard InChI is InChI=1S/C6H14O3S3/c7-1-2-11-12-6(4-9)5(10)3-8/h5-10H,1-4H2. The average molecular weight is 230 g/mol. The second kappa shape index (κ2) is 8.52. The topological polar surface area (TPSA) is 60.7 Å². The van der Waals surface area contributed by atoms with Crippen molar-refractivity contribution in [3.05, 3.63) is 0 Å². The molecule has 0 aromatic heterocycles. The highest BCUT2D eigenvalue weighted by Crippen LogP contribution is 2.29. The molecule has 0 spiro atoms. The second-order valence-corrected chi connectivity index (χ2v) is 5.50. The Kier molecular flexibility index (Phi) is 9.19. The molecule has 0 saturated heterocycles. The Balaban J connectivity index is 3.52. The first kappa shape index (κ1) is 12.9. The van der Waals surface area contributed by atoms with E-state index in [0.717, 1.165) is 0 Å². The zero-order valence-electron chi connectivity index (χ0n) is 6.59. The molecule has 3 N–H and O–H groups in total. The molecule has 0 saturated carbocycles. The van der Waals surface area contributed by atoms with Gasteiger partial charge in [0.25, 0.3) is 0 Å². The minimum absolute atomic E-state index is 0.00216. The van der Waals surface area contributed by atoms with E-state index in [-0.39, 0.29) is 30.3 Å². The Labute approximate surface area is 85.7 Å². The third-order valence-electron chi connectivity index (χ3n) is 1.16. The van der Waals surface area contributed by atoms with Gasteiger partial charge < -0.3 is 15.3 Å². The number of hydrogen-bond donors (Lipinski definition) is 4. The first-order valence-electron chi connectivity index (χ1n) is 3.55. The van der Waals surface area contributed by atoms with Crippen LogP contribution in [0.3, 0.4) is 0 Å². The number of thiol groups is 1. The van der Waals surface area contributed by atoms with Gasteiger partial charge in [-0.15, -0.1) is 0 Å². The van der Waals surface area contributed by atoms with Crippen LogP contribution in [0.2, 0.25) is 0 Å². The lowest BCUT2D eigenvalue weighted by Crippen LogP contribution is -2.24. The van der Waals surface area contributed by atoms with Crippen molar-refractivity contribution >= 4 is 34.2 Å². The number of hydrogen-bond acceptors (Lipinski definition) is 6. The van der Waals surface area contributed by atoms with Crippen molar-refractivity contribution in [3.8, 4) is 0 Å². The van der Waals surface area contributed by atoms with Crippen molar-refractivity contribution in [2.45, 2.75) is 10.5 Å². The summed E-state index contributed by atoms with van der Waals surface area (Å²) in [5.41, 5.74) is 0. The van der Waals surface area contributed by atoms with E-state index in [9.17, 15) is 0 Å². The van der Waals surface area contributed by atoms with Crippen LogP contribution in [0.15, 0.2) is 0 Å². The summed E-state index contributed by atoms with van der Waals surface area (Å²) in [7, 11) is 2.93. The third kappa shape index (κ3) is 5.55. The molecule has 0 aromatic carbocycles. The number of rotatable bonds is 7. The molecule has 74 valence electrons. The minimum atomic E-state index is -0.203. The fourth-order valence-electron chi connectivity index (χ4n) is 0.507. The molecule has 0 heterocycles. The number of aliphatic hydroxyl groups is 3. The molecule has 0 rings (SSSR count). The van der Waals surface area contributed by atoms with Crippen molar-refractivity contribution in [1.82, 2.24) is 0 Å². The summed E-state index contributed by atoms with van der Waals surface area (Å²) in [6.07, 6.45) is 0. The predicted octanol–water partition coefficient (Wildman–Crippen LogP) is 0.0117. The lowest BCUT2D eigenvalue weighted by atomic mass is 10.3. The van der Waals surface area contributed by atoms with Gasteiger partial charge in [0, 0.05) is 11.0 Å². The molecule has 6 heteroatoms. The normalized spacial score (nSPS) is 16.0. The molecule has 0 fully saturated rings. The molecule has 0 aliphatic carbocycles. The van der Waals surface area contributed by atoms with Crippen LogP contribution in [0.25, 0.3) is 0 Å². The van der Waals surface area contributed by atoms with Crippen LogP contribution in [-0.4, -0.2) is 51.4 Å².